The van der Waals surface area contributed by atoms with E-state index < -0.39 is 0 Å². The van der Waals surface area contributed by atoms with E-state index in [4.69, 9.17) is 0 Å². The zero-order valence-electron chi connectivity index (χ0n) is 12.3. The van der Waals surface area contributed by atoms with Crippen LogP contribution in [-0.2, 0) is 11.2 Å². The molecular weight excluding hydrogens is 282 g/mol. The lowest BCUT2D eigenvalue weighted by atomic mass is 10.2. The molecule has 0 saturated heterocycles. The van der Waals surface area contributed by atoms with Gasteiger partial charge >= 0.3 is 0 Å². The highest BCUT2D eigenvalue weighted by atomic mass is 16.2. The first-order valence-electron chi connectivity index (χ1n) is 7.16. The van der Waals surface area contributed by atoms with Crippen LogP contribution in [0.2, 0.25) is 0 Å². The number of hydrogen-bond acceptors (Lipinski definition) is 5. The lowest BCUT2D eigenvalue weighted by Crippen LogP contribution is -2.32. The van der Waals surface area contributed by atoms with E-state index >= 15 is 0 Å². The molecule has 0 fully saturated rings. The summed E-state index contributed by atoms with van der Waals surface area (Å²) in [7, 11) is 0. The van der Waals surface area contributed by atoms with Crippen LogP contribution in [0, 0.1) is 0 Å². The van der Waals surface area contributed by atoms with Crippen molar-refractivity contribution in [2.24, 2.45) is 0 Å². The molecule has 0 radical (unpaired) electrons. The number of carbonyl (C=O) groups is 1. The quantitative estimate of drug-likeness (QED) is 0.674. The van der Waals surface area contributed by atoms with E-state index in [0.29, 0.717) is 6.54 Å². The van der Waals surface area contributed by atoms with Crippen LogP contribution >= 0.6 is 0 Å². The molecule has 0 aliphatic rings. The van der Waals surface area contributed by atoms with Gasteiger partial charge in [-0.1, -0.05) is 6.07 Å². The number of amides is 1. The molecule has 0 bridgehead atoms. The zero-order valence-corrected chi connectivity index (χ0v) is 12.3. The molecule has 0 aromatic carbocycles. The van der Waals surface area contributed by atoms with Gasteiger partial charge in [-0.15, -0.1) is 10.2 Å². The molecule has 1 N–H and O–H groups in total. The number of nitrogens with one attached hydrogen (secondary N) is 1. The minimum atomic E-state index is -0.364. The SMILES string of the molecule is CC(C(=O)NCCCc1nnc2ccccn12)n1cncn1. The molecule has 0 aliphatic carbocycles. The van der Waals surface area contributed by atoms with Crippen molar-refractivity contribution in [1.82, 2.24) is 34.7 Å². The summed E-state index contributed by atoms with van der Waals surface area (Å²) in [6.45, 7) is 2.37. The molecule has 3 rings (SSSR count). The Morgan fingerprint density at radius 1 is 1.36 bits per heavy atom. The molecule has 0 spiro atoms. The highest BCUT2D eigenvalue weighted by Crippen LogP contribution is 2.05. The Hall–Kier alpha value is -2.77. The molecule has 8 heteroatoms. The average molecular weight is 299 g/mol. The largest absolute Gasteiger partial charge is 0.354 e. The van der Waals surface area contributed by atoms with E-state index in [-0.39, 0.29) is 11.9 Å². The molecule has 3 aromatic heterocycles. The Kier molecular flexibility index (Phi) is 4.08. The Morgan fingerprint density at radius 3 is 3.09 bits per heavy atom. The first-order valence-corrected chi connectivity index (χ1v) is 7.16. The van der Waals surface area contributed by atoms with Crippen molar-refractivity contribution in [3.8, 4) is 0 Å². The van der Waals surface area contributed by atoms with Crippen molar-refractivity contribution in [2.75, 3.05) is 6.54 Å². The fraction of sp³-hybridized carbons (Fsp3) is 0.357. The van der Waals surface area contributed by atoms with Gasteiger partial charge in [0, 0.05) is 19.2 Å². The Labute approximate surface area is 127 Å². The highest BCUT2D eigenvalue weighted by molar-refractivity contribution is 5.79. The molecule has 22 heavy (non-hydrogen) atoms. The fourth-order valence-electron chi connectivity index (χ4n) is 2.20. The maximum absolute atomic E-state index is 12.0. The molecule has 3 aromatic rings. The van der Waals surface area contributed by atoms with Crippen LogP contribution in [0.1, 0.15) is 25.2 Å². The standard InChI is InChI=1S/C14H17N7O/c1-11(21-10-15-9-17-21)14(22)16-7-4-6-13-19-18-12-5-2-3-8-20(12)13/h2-3,5,8-11H,4,6-7H2,1H3,(H,16,22). The number of aryl methyl sites for hydroxylation is 1. The van der Waals surface area contributed by atoms with Gasteiger partial charge in [-0.05, 0) is 25.5 Å². The lowest BCUT2D eigenvalue weighted by molar-refractivity contribution is -0.124. The third-order valence-corrected chi connectivity index (χ3v) is 3.47. The minimum absolute atomic E-state index is 0.0726. The number of fused-ring (bicyclic) bond motifs is 1. The van der Waals surface area contributed by atoms with Gasteiger partial charge in [-0.25, -0.2) is 9.67 Å². The van der Waals surface area contributed by atoms with E-state index in [1.807, 2.05) is 28.8 Å². The smallest absolute Gasteiger partial charge is 0.244 e. The summed E-state index contributed by atoms with van der Waals surface area (Å²) < 4.78 is 3.49. The molecule has 1 atom stereocenters. The van der Waals surface area contributed by atoms with E-state index in [1.165, 1.54) is 17.3 Å². The first kappa shape index (κ1) is 14.2. The third-order valence-electron chi connectivity index (χ3n) is 3.47. The van der Waals surface area contributed by atoms with Gasteiger partial charge in [0.1, 0.15) is 24.5 Å². The second-order valence-corrected chi connectivity index (χ2v) is 4.99. The Morgan fingerprint density at radius 2 is 2.27 bits per heavy atom. The van der Waals surface area contributed by atoms with Crippen LogP contribution in [0.15, 0.2) is 37.1 Å². The minimum Gasteiger partial charge on any atom is -0.354 e. The first-order chi connectivity index (χ1) is 10.8. The summed E-state index contributed by atoms with van der Waals surface area (Å²) in [4.78, 5) is 15.8. The fourth-order valence-corrected chi connectivity index (χ4v) is 2.20. The van der Waals surface area contributed by atoms with E-state index in [0.717, 1.165) is 24.3 Å². The van der Waals surface area contributed by atoms with Gasteiger partial charge in [0.25, 0.3) is 0 Å². The van der Waals surface area contributed by atoms with Crippen LogP contribution in [0.25, 0.3) is 5.65 Å². The van der Waals surface area contributed by atoms with Crippen LogP contribution in [0.5, 0.6) is 0 Å². The van der Waals surface area contributed by atoms with Crippen LogP contribution in [-0.4, -0.2) is 41.8 Å². The van der Waals surface area contributed by atoms with Crippen molar-refractivity contribution in [2.45, 2.75) is 25.8 Å². The maximum Gasteiger partial charge on any atom is 0.244 e. The highest BCUT2D eigenvalue weighted by Gasteiger charge is 2.14. The van der Waals surface area contributed by atoms with E-state index in [1.54, 1.807) is 6.92 Å². The number of aromatic nitrogens is 6. The summed E-state index contributed by atoms with van der Waals surface area (Å²) in [5.74, 6) is 0.825. The molecule has 0 saturated carbocycles. The lowest BCUT2D eigenvalue weighted by Gasteiger charge is -2.11. The monoisotopic (exact) mass is 299 g/mol. The molecule has 8 nitrogen and oxygen atoms in total. The number of pyridine rings is 1. The van der Waals surface area contributed by atoms with Crippen LogP contribution in [0.3, 0.4) is 0 Å². The van der Waals surface area contributed by atoms with Crippen molar-refractivity contribution in [3.63, 3.8) is 0 Å². The summed E-state index contributed by atoms with van der Waals surface area (Å²) in [5, 5.41) is 15.1. The average Bonchev–Trinajstić information content (AvgIpc) is 3.20. The maximum atomic E-state index is 12.0. The Bertz CT molecular complexity index is 749. The van der Waals surface area contributed by atoms with Gasteiger partial charge in [0.05, 0.1) is 0 Å². The van der Waals surface area contributed by atoms with Crippen molar-refractivity contribution >= 4 is 11.6 Å². The summed E-state index contributed by atoms with van der Waals surface area (Å²) in [6, 6.07) is 5.43. The molecule has 3 heterocycles. The second-order valence-electron chi connectivity index (χ2n) is 4.99. The summed E-state index contributed by atoms with van der Waals surface area (Å²) >= 11 is 0. The molecular formula is C14H17N7O. The number of rotatable bonds is 6. The number of carbonyl (C=O) groups excluding carboxylic acids is 1. The Balaban J connectivity index is 1.48. The number of hydrogen-bond donors (Lipinski definition) is 1. The van der Waals surface area contributed by atoms with Gasteiger partial charge < -0.3 is 5.32 Å². The number of nitrogens with zero attached hydrogens (tertiary/aromatic N) is 6. The van der Waals surface area contributed by atoms with Crippen LogP contribution in [0.4, 0.5) is 0 Å². The summed E-state index contributed by atoms with van der Waals surface area (Å²) in [6.07, 6.45) is 6.44. The molecule has 1 unspecified atom stereocenters. The topological polar surface area (TPSA) is 90.0 Å². The van der Waals surface area contributed by atoms with Crippen molar-refractivity contribution in [3.05, 3.63) is 42.9 Å². The molecule has 114 valence electrons. The molecule has 1 amide bonds. The van der Waals surface area contributed by atoms with Crippen molar-refractivity contribution in [1.29, 1.82) is 0 Å². The van der Waals surface area contributed by atoms with Gasteiger partial charge in [0.15, 0.2) is 5.65 Å². The van der Waals surface area contributed by atoms with Crippen molar-refractivity contribution < 1.29 is 4.79 Å². The van der Waals surface area contributed by atoms with Gasteiger partial charge in [0.2, 0.25) is 5.91 Å². The van der Waals surface area contributed by atoms with Gasteiger partial charge in [-0.3, -0.25) is 9.20 Å². The van der Waals surface area contributed by atoms with E-state index in [9.17, 15) is 4.79 Å². The van der Waals surface area contributed by atoms with Gasteiger partial charge in [-0.2, -0.15) is 5.10 Å². The third kappa shape index (κ3) is 2.95. The normalized spacial score (nSPS) is 12.4. The molecule has 0 aliphatic heterocycles. The van der Waals surface area contributed by atoms with E-state index in [2.05, 4.69) is 25.6 Å². The summed E-state index contributed by atoms with van der Waals surface area (Å²) in [5.41, 5.74) is 0.835. The predicted molar refractivity (Wildman–Crippen MR) is 79.1 cm³/mol. The zero-order chi connectivity index (χ0) is 15.4. The predicted octanol–water partition coefficient (Wildman–Crippen LogP) is 0.631. The second kappa shape index (κ2) is 6.33. The van der Waals surface area contributed by atoms with Crippen LogP contribution < -0.4 is 5.32 Å².